The highest BCUT2D eigenvalue weighted by molar-refractivity contribution is 5.91. The molecule has 4 heteroatoms. The summed E-state index contributed by atoms with van der Waals surface area (Å²) in [5, 5.41) is 7.32. The molecule has 2 aromatic rings. The minimum Gasteiger partial charge on any atom is -0.346 e. The fourth-order valence-corrected chi connectivity index (χ4v) is 2.71. The average molecular weight is 325 g/mol. The predicted octanol–water partition coefficient (Wildman–Crippen LogP) is 4.23. The van der Waals surface area contributed by atoms with Crippen LogP contribution in [0.4, 0.5) is 0 Å². The van der Waals surface area contributed by atoms with Crippen LogP contribution in [0.5, 0.6) is 0 Å². The van der Waals surface area contributed by atoms with Crippen molar-refractivity contribution >= 4 is 12.0 Å². The number of nitrogens with one attached hydrogen (secondary N) is 1. The predicted molar refractivity (Wildman–Crippen MR) is 98.8 cm³/mol. The van der Waals surface area contributed by atoms with E-state index in [-0.39, 0.29) is 11.9 Å². The van der Waals surface area contributed by atoms with Crippen molar-refractivity contribution in [1.29, 1.82) is 0 Å². The van der Waals surface area contributed by atoms with E-state index in [1.54, 1.807) is 6.08 Å². The van der Waals surface area contributed by atoms with Crippen LogP contribution in [0.2, 0.25) is 0 Å². The third-order valence-electron chi connectivity index (χ3n) is 4.30. The Labute approximate surface area is 144 Å². The quantitative estimate of drug-likeness (QED) is 0.808. The zero-order chi connectivity index (χ0) is 17.7. The molecule has 1 aromatic heterocycles. The molecule has 1 heterocycles. The van der Waals surface area contributed by atoms with E-state index < -0.39 is 0 Å². The number of aryl methyl sites for hydroxylation is 1. The number of amides is 1. The smallest absolute Gasteiger partial charge is 0.244 e. The Kier molecular flexibility index (Phi) is 5.96. The molecule has 1 unspecified atom stereocenters. The largest absolute Gasteiger partial charge is 0.346 e. The van der Waals surface area contributed by atoms with Crippen LogP contribution in [0.15, 0.2) is 36.5 Å². The van der Waals surface area contributed by atoms with Crippen molar-refractivity contribution in [3.63, 3.8) is 0 Å². The average Bonchev–Trinajstić information content (AvgIpc) is 2.94. The monoisotopic (exact) mass is 325 g/mol. The van der Waals surface area contributed by atoms with Gasteiger partial charge in [0.05, 0.1) is 12.2 Å². The molecule has 1 atom stereocenters. The maximum atomic E-state index is 12.1. The number of benzene rings is 1. The lowest BCUT2D eigenvalue weighted by Crippen LogP contribution is -2.25. The Morgan fingerprint density at radius 2 is 1.92 bits per heavy atom. The third kappa shape index (κ3) is 4.34. The zero-order valence-electron chi connectivity index (χ0n) is 15.2. The lowest BCUT2D eigenvalue weighted by atomic mass is 10.0. The summed E-state index contributed by atoms with van der Waals surface area (Å²) < 4.78 is 1.93. The van der Waals surface area contributed by atoms with Gasteiger partial charge in [-0.15, -0.1) is 0 Å². The molecule has 0 spiro atoms. The van der Waals surface area contributed by atoms with Crippen LogP contribution >= 0.6 is 0 Å². The van der Waals surface area contributed by atoms with Crippen molar-refractivity contribution in [3.05, 3.63) is 58.9 Å². The van der Waals surface area contributed by atoms with Crippen LogP contribution in [-0.4, -0.2) is 15.7 Å². The molecule has 0 fully saturated rings. The first kappa shape index (κ1) is 18.0. The van der Waals surface area contributed by atoms with E-state index in [2.05, 4.69) is 43.3 Å². The number of rotatable bonds is 6. The number of hydrogen-bond donors (Lipinski definition) is 1. The first-order valence-corrected chi connectivity index (χ1v) is 8.53. The molecular formula is C20H27N3O. The molecule has 1 N–H and O–H groups in total. The summed E-state index contributed by atoms with van der Waals surface area (Å²) >= 11 is 0. The summed E-state index contributed by atoms with van der Waals surface area (Å²) in [6, 6.07) is 8.22. The van der Waals surface area contributed by atoms with Gasteiger partial charge in [0.1, 0.15) is 0 Å². The molecule has 2 rings (SSSR count). The van der Waals surface area contributed by atoms with Gasteiger partial charge >= 0.3 is 0 Å². The number of carbonyl (C=O) groups excluding carboxylic acids is 1. The molecule has 0 bridgehead atoms. The van der Waals surface area contributed by atoms with Crippen LogP contribution < -0.4 is 5.32 Å². The second-order valence-corrected chi connectivity index (χ2v) is 6.39. The van der Waals surface area contributed by atoms with E-state index in [0.29, 0.717) is 5.92 Å². The SMILES string of the molecule is CCn1ncc(C(C)NC(=O)/C=C/c2ccc(C(C)C)cc2)c1C. The number of carbonyl (C=O) groups is 1. The van der Waals surface area contributed by atoms with E-state index in [4.69, 9.17) is 0 Å². The van der Waals surface area contributed by atoms with Gasteiger partial charge in [-0.2, -0.15) is 5.10 Å². The van der Waals surface area contributed by atoms with Gasteiger partial charge in [0, 0.05) is 23.9 Å². The first-order chi connectivity index (χ1) is 11.4. The molecule has 0 saturated heterocycles. The second kappa shape index (κ2) is 7.95. The van der Waals surface area contributed by atoms with Gasteiger partial charge in [0.25, 0.3) is 0 Å². The molecule has 128 valence electrons. The van der Waals surface area contributed by atoms with Crippen LogP contribution in [0.1, 0.15) is 62.0 Å². The Balaban J connectivity index is 1.97. The van der Waals surface area contributed by atoms with Crippen molar-refractivity contribution in [2.45, 2.75) is 53.1 Å². The second-order valence-electron chi connectivity index (χ2n) is 6.39. The van der Waals surface area contributed by atoms with Gasteiger partial charge in [-0.1, -0.05) is 38.1 Å². The van der Waals surface area contributed by atoms with E-state index in [9.17, 15) is 4.79 Å². The molecular weight excluding hydrogens is 298 g/mol. The zero-order valence-corrected chi connectivity index (χ0v) is 15.2. The molecule has 4 nitrogen and oxygen atoms in total. The normalized spacial score (nSPS) is 12.8. The van der Waals surface area contributed by atoms with E-state index in [1.807, 2.05) is 42.9 Å². The molecule has 0 radical (unpaired) electrons. The highest BCUT2D eigenvalue weighted by Crippen LogP contribution is 2.17. The Morgan fingerprint density at radius 1 is 1.25 bits per heavy atom. The fraction of sp³-hybridized carbons (Fsp3) is 0.400. The van der Waals surface area contributed by atoms with Crippen molar-refractivity contribution in [2.24, 2.45) is 0 Å². The van der Waals surface area contributed by atoms with E-state index in [1.165, 1.54) is 5.56 Å². The lowest BCUT2D eigenvalue weighted by molar-refractivity contribution is -0.117. The van der Waals surface area contributed by atoms with Crippen LogP contribution in [-0.2, 0) is 11.3 Å². The van der Waals surface area contributed by atoms with Gasteiger partial charge < -0.3 is 5.32 Å². The van der Waals surface area contributed by atoms with Crippen LogP contribution in [0.3, 0.4) is 0 Å². The van der Waals surface area contributed by atoms with Crippen molar-refractivity contribution in [3.8, 4) is 0 Å². The maximum absolute atomic E-state index is 12.1. The highest BCUT2D eigenvalue weighted by atomic mass is 16.1. The molecule has 0 saturated carbocycles. The van der Waals surface area contributed by atoms with Gasteiger partial charge in [0.2, 0.25) is 5.91 Å². The summed E-state index contributed by atoms with van der Waals surface area (Å²) in [7, 11) is 0. The number of hydrogen-bond acceptors (Lipinski definition) is 2. The van der Waals surface area contributed by atoms with Gasteiger partial charge in [-0.25, -0.2) is 0 Å². The third-order valence-corrected chi connectivity index (χ3v) is 4.30. The molecule has 1 aromatic carbocycles. The minimum atomic E-state index is -0.0981. The summed E-state index contributed by atoms with van der Waals surface area (Å²) in [6.07, 6.45) is 5.26. The lowest BCUT2D eigenvalue weighted by Gasteiger charge is -2.12. The molecule has 1 amide bonds. The van der Waals surface area contributed by atoms with E-state index >= 15 is 0 Å². The Hall–Kier alpha value is -2.36. The summed E-state index contributed by atoms with van der Waals surface area (Å²) in [4.78, 5) is 12.1. The highest BCUT2D eigenvalue weighted by Gasteiger charge is 2.13. The van der Waals surface area contributed by atoms with Crippen LogP contribution in [0, 0.1) is 6.92 Å². The molecule has 0 aliphatic carbocycles. The first-order valence-electron chi connectivity index (χ1n) is 8.53. The van der Waals surface area contributed by atoms with E-state index in [0.717, 1.165) is 23.4 Å². The number of nitrogens with zero attached hydrogens (tertiary/aromatic N) is 2. The van der Waals surface area contributed by atoms with Crippen LogP contribution in [0.25, 0.3) is 6.08 Å². The van der Waals surface area contributed by atoms with Gasteiger partial charge in [-0.05, 0) is 43.9 Å². The Morgan fingerprint density at radius 3 is 2.46 bits per heavy atom. The fourth-order valence-electron chi connectivity index (χ4n) is 2.71. The standard InChI is InChI=1S/C20H27N3O/c1-6-23-16(5)19(13-21-23)15(4)22-20(24)12-9-17-7-10-18(11-8-17)14(2)3/h7-15H,6H2,1-5H3,(H,22,24)/b12-9+. The van der Waals surface area contributed by atoms with Crippen molar-refractivity contribution in [2.75, 3.05) is 0 Å². The minimum absolute atomic E-state index is 0.0641. The summed E-state index contributed by atoms with van der Waals surface area (Å²) in [5.41, 5.74) is 4.48. The molecule has 0 aliphatic rings. The topological polar surface area (TPSA) is 46.9 Å². The van der Waals surface area contributed by atoms with Crippen molar-refractivity contribution in [1.82, 2.24) is 15.1 Å². The Bertz CT molecular complexity index is 711. The summed E-state index contributed by atoms with van der Waals surface area (Å²) in [5.74, 6) is 0.415. The van der Waals surface area contributed by atoms with Gasteiger partial charge in [0.15, 0.2) is 0 Å². The maximum Gasteiger partial charge on any atom is 0.244 e. The van der Waals surface area contributed by atoms with Gasteiger partial charge in [-0.3, -0.25) is 9.48 Å². The number of aromatic nitrogens is 2. The molecule has 0 aliphatic heterocycles. The summed E-state index contributed by atoms with van der Waals surface area (Å²) in [6.45, 7) is 11.2. The molecule has 24 heavy (non-hydrogen) atoms. The van der Waals surface area contributed by atoms with Crippen molar-refractivity contribution < 1.29 is 4.79 Å².